The summed E-state index contributed by atoms with van der Waals surface area (Å²) < 4.78 is 18.6. The predicted molar refractivity (Wildman–Crippen MR) is 133 cm³/mol. The maximum atomic E-state index is 14.1. The summed E-state index contributed by atoms with van der Waals surface area (Å²) >= 11 is 0. The molecule has 2 heterocycles. The van der Waals surface area contributed by atoms with E-state index in [-0.39, 0.29) is 66.6 Å². The van der Waals surface area contributed by atoms with Gasteiger partial charge in [0.1, 0.15) is 17.1 Å². The largest absolute Gasteiger partial charge is 0.507 e. The van der Waals surface area contributed by atoms with Gasteiger partial charge in [0.15, 0.2) is 22.8 Å². The summed E-state index contributed by atoms with van der Waals surface area (Å²) in [6, 6.07) is 14.0. The number of carbonyl (C=O) groups excluding carboxylic acids is 3. The lowest BCUT2D eigenvalue weighted by molar-refractivity contribution is -0.174. The molecular formula is C30H28O7. The Balaban J connectivity index is 1.39. The molecule has 1 unspecified atom stereocenters. The van der Waals surface area contributed by atoms with E-state index < -0.39 is 23.0 Å². The van der Waals surface area contributed by atoms with Crippen LogP contribution >= 0.6 is 0 Å². The molecule has 7 rings (SSSR count). The van der Waals surface area contributed by atoms with E-state index in [0.29, 0.717) is 5.57 Å². The van der Waals surface area contributed by atoms with E-state index in [1.54, 1.807) is 18.2 Å². The summed E-state index contributed by atoms with van der Waals surface area (Å²) in [6.07, 6.45) is 4.00. The van der Waals surface area contributed by atoms with Gasteiger partial charge in [0.2, 0.25) is 0 Å². The van der Waals surface area contributed by atoms with Crippen molar-refractivity contribution < 1.29 is 33.7 Å². The molecule has 0 amide bonds. The molecule has 1 N–H and O–H groups in total. The first-order chi connectivity index (χ1) is 17.8. The fourth-order valence-corrected chi connectivity index (χ4v) is 6.55. The average Bonchev–Trinajstić information content (AvgIpc) is 3.15. The van der Waals surface area contributed by atoms with Crippen LogP contribution in [0.5, 0.6) is 11.5 Å². The third-order valence-electron chi connectivity index (χ3n) is 8.23. The smallest absolute Gasteiger partial charge is 0.310 e. The molecule has 3 aliphatic carbocycles. The van der Waals surface area contributed by atoms with E-state index in [1.807, 2.05) is 50.3 Å². The SMILES string of the molecule is CC(C)=CCC12OC[C@@H]3[C@@H](COC(=O)Cc4ccccc4)[C@@H](C=C4C(=O)c5c(O)cccc5O[C@]431)C2=O. The average molecular weight is 501 g/mol. The molecule has 7 nitrogen and oxygen atoms in total. The van der Waals surface area contributed by atoms with Crippen molar-refractivity contribution in [1.82, 2.24) is 0 Å². The number of ether oxygens (including phenoxy) is 3. The number of fused-ring (bicyclic) bond motifs is 1. The normalized spacial score (nSPS) is 30.6. The zero-order valence-corrected chi connectivity index (χ0v) is 20.7. The number of allylic oxidation sites excluding steroid dienone is 2. The van der Waals surface area contributed by atoms with Crippen LogP contribution in [0.4, 0.5) is 0 Å². The van der Waals surface area contributed by atoms with Crippen molar-refractivity contribution in [3.63, 3.8) is 0 Å². The van der Waals surface area contributed by atoms with Crippen LogP contribution in [0.25, 0.3) is 0 Å². The van der Waals surface area contributed by atoms with Crippen molar-refractivity contribution >= 4 is 17.5 Å². The zero-order chi connectivity index (χ0) is 25.9. The number of esters is 1. The molecule has 5 aliphatic rings. The van der Waals surface area contributed by atoms with E-state index in [9.17, 15) is 19.5 Å². The van der Waals surface area contributed by atoms with E-state index >= 15 is 0 Å². The molecule has 0 radical (unpaired) electrons. The van der Waals surface area contributed by atoms with E-state index in [0.717, 1.165) is 11.1 Å². The molecule has 2 aromatic carbocycles. The molecule has 1 spiro atoms. The Morgan fingerprint density at radius 1 is 1.14 bits per heavy atom. The Kier molecular flexibility index (Phi) is 5.38. The highest BCUT2D eigenvalue weighted by Crippen LogP contribution is 2.65. The number of benzene rings is 2. The minimum atomic E-state index is -1.37. The number of carbonyl (C=O) groups is 3. The highest BCUT2D eigenvalue weighted by molar-refractivity contribution is 6.18. The van der Waals surface area contributed by atoms with Crippen molar-refractivity contribution in [1.29, 1.82) is 0 Å². The summed E-state index contributed by atoms with van der Waals surface area (Å²) in [4.78, 5) is 40.5. The zero-order valence-electron chi connectivity index (χ0n) is 20.7. The Hall–Kier alpha value is -3.71. The fourth-order valence-electron chi connectivity index (χ4n) is 6.55. The van der Waals surface area contributed by atoms with Gasteiger partial charge in [0, 0.05) is 29.7 Å². The lowest BCUT2D eigenvalue weighted by atomic mass is 9.49. The molecule has 2 fully saturated rings. The quantitative estimate of drug-likeness (QED) is 0.473. The second-order valence-corrected chi connectivity index (χ2v) is 10.5. The lowest BCUT2D eigenvalue weighted by Gasteiger charge is -2.58. The maximum absolute atomic E-state index is 14.1. The summed E-state index contributed by atoms with van der Waals surface area (Å²) in [5, 5.41) is 10.4. The molecule has 190 valence electrons. The number of ketones is 2. The Morgan fingerprint density at radius 2 is 1.92 bits per heavy atom. The van der Waals surface area contributed by atoms with Crippen molar-refractivity contribution in [3.8, 4) is 11.5 Å². The van der Waals surface area contributed by atoms with Crippen LogP contribution in [0, 0.1) is 17.8 Å². The van der Waals surface area contributed by atoms with Gasteiger partial charge in [-0.3, -0.25) is 14.4 Å². The Labute approximate surface area is 214 Å². The lowest BCUT2D eigenvalue weighted by Crippen LogP contribution is -2.74. The fraction of sp³-hybridized carbons (Fsp3) is 0.367. The van der Waals surface area contributed by atoms with Gasteiger partial charge in [-0.05, 0) is 31.5 Å². The Morgan fingerprint density at radius 3 is 2.68 bits per heavy atom. The second kappa shape index (κ2) is 8.42. The maximum Gasteiger partial charge on any atom is 0.310 e. The molecule has 1 saturated heterocycles. The Bertz CT molecular complexity index is 1370. The van der Waals surface area contributed by atoms with E-state index in [4.69, 9.17) is 14.2 Å². The monoisotopic (exact) mass is 500 g/mol. The first-order valence-corrected chi connectivity index (χ1v) is 12.6. The molecule has 37 heavy (non-hydrogen) atoms. The summed E-state index contributed by atoms with van der Waals surface area (Å²) in [6.45, 7) is 4.10. The number of hydrogen-bond acceptors (Lipinski definition) is 7. The van der Waals surface area contributed by atoms with Crippen LogP contribution in [0.3, 0.4) is 0 Å². The molecule has 5 atom stereocenters. The van der Waals surface area contributed by atoms with Crippen molar-refractivity contribution in [2.45, 2.75) is 37.9 Å². The highest BCUT2D eigenvalue weighted by atomic mass is 16.6. The molecule has 2 aromatic rings. The molecular weight excluding hydrogens is 472 g/mol. The van der Waals surface area contributed by atoms with E-state index in [2.05, 4.69) is 0 Å². The number of aromatic hydroxyl groups is 1. The second-order valence-electron chi connectivity index (χ2n) is 10.5. The van der Waals surface area contributed by atoms with Crippen molar-refractivity contribution in [3.05, 3.63) is 83.0 Å². The van der Waals surface area contributed by atoms with Crippen molar-refractivity contribution in [2.24, 2.45) is 17.8 Å². The molecule has 1 saturated carbocycles. The molecule has 7 heteroatoms. The minimum Gasteiger partial charge on any atom is -0.507 e. The molecule has 4 bridgehead atoms. The van der Waals surface area contributed by atoms with Gasteiger partial charge < -0.3 is 19.3 Å². The number of hydrogen-bond donors (Lipinski definition) is 1. The van der Waals surface area contributed by atoms with Crippen LogP contribution in [-0.2, 0) is 25.5 Å². The summed E-state index contributed by atoms with van der Waals surface area (Å²) in [5.41, 5.74) is -0.419. The van der Waals surface area contributed by atoms with Crippen LogP contribution in [-0.4, -0.2) is 47.1 Å². The van der Waals surface area contributed by atoms with Crippen molar-refractivity contribution in [2.75, 3.05) is 13.2 Å². The summed E-state index contributed by atoms with van der Waals surface area (Å²) in [7, 11) is 0. The standard InChI is InChI=1S/C30H28O7/c1-17(2)11-12-29-28(34)19-14-21-27(33)26-23(31)9-6-10-24(26)37-30(21,29)22(16-36-29)20(19)15-35-25(32)13-18-7-4-3-5-8-18/h3-11,14,19-20,22,31H,12-13,15-16H2,1-2H3/t19-,20+,22-,29?,30-/m1/s1. The van der Waals surface area contributed by atoms with Crippen LogP contribution in [0.2, 0.25) is 0 Å². The first-order valence-electron chi connectivity index (χ1n) is 12.6. The first kappa shape index (κ1) is 23.7. The van der Waals surface area contributed by atoms with Crippen LogP contribution < -0.4 is 4.74 Å². The number of rotatable bonds is 6. The van der Waals surface area contributed by atoms with Gasteiger partial charge >= 0.3 is 5.97 Å². The molecule has 2 aliphatic heterocycles. The topological polar surface area (TPSA) is 99.1 Å². The van der Waals surface area contributed by atoms with Gasteiger partial charge in [-0.25, -0.2) is 0 Å². The predicted octanol–water partition coefficient (Wildman–Crippen LogP) is 3.99. The third kappa shape index (κ3) is 3.26. The summed E-state index contributed by atoms with van der Waals surface area (Å²) in [5.74, 6) is -2.28. The van der Waals surface area contributed by atoms with Gasteiger partial charge in [0.25, 0.3) is 0 Å². The number of phenols is 1. The van der Waals surface area contributed by atoms with E-state index in [1.165, 1.54) is 6.07 Å². The van der Waals surface area contributed by atoms with Gasteiger partial charge in [0.05, 0.1) is 19.6 Å². The van der Waals surface area contributed by atoms with Crippen LogP contribution in [0.1, 0.15) is 36.2 Å². The minimum absolute atomic E-state index is 0.0187. The van der Waals surface area contributed by atoms with Crippen LogP contribution in [0.15, 0.2) is 71.8 Å². The highest BCUT2D eigenvalue weighted by Gasteiger charge is 2.79. The van der Waals surface area contributed by atoms with Gasteiger partial charge in [-0.1, -0.05) is 54.1 Å². The van der Waals surface area contributed by atoms with Gasteiger partial charge in [-0.15, -0.1) is 0 Å². The number of Topliss-reactive ketones (excluding diaryl/α,β-unsaturated/α-hetero) is 2. The van der Waals surface area contributed by atoms with Gasteiger partial charge in [-0.2, -0.15) is 0 Å². The number of phenolic OH excluding ortho intramolecular Hbond substituents is 1. The third-order valence-corrected chi connectivity index (χ3v) is 8.23. The molecule has 0 aromatic heterocycles.